The molecule has 0 bridgehead atoms. The molecule has 0 radical (unpaired) electrons. The van der Waals surface area contributed by atoms with Gasteiger partial charge in [-0.2, -0.15) is 14.6 Å². The number of nitrogens with zero attached hydrogens (tertiary/aromatic N) is 4. The van der Waals surface area contributed by atoms with E-state index in [1.54, 1.807) is 30.3 Å². The maximum atomic E-state index is 12.7. The summed E-state index contributed by atoms with van der Waals surface area (Å²) in [5.41, 5.74) is 0.221. The molecule has 2 aromatic carbocycles. The Bertz CT molecular complexity index is 1430. The second-order valence-electron chi connectivity index (χ2n) is 6.09. The van der Waals surface area contributed by atoms with Gasteiger partial charge in [-0.05, 0) is 23.3 Å². The maximum Gasteiger partial charge on any atom is 0.296 e. The minimum Gasteiger partial charge on any atom is -0.266 e. The molecule has 0 amide bonds. The molecule has 0 unspecified atom stereocenters. The molecule has 4 aromatic rings. The quantitative estimate of drug-likeness (QED) is 0.365. The van der Waals surface area contributed by atoms with E-state index in [0.29, 0.717) is 16.1 Å². The van der Waals surface area contributed by atoms with E-state index < -0.39 is 16.0 Å². The van der Waals surface area contributed by atoms with Gasteiger partial charge in [0.05, 0.1) is 9.46 Å². The summed E-state index contributed by atoms with van der Waals surface area (Å²) in [5, 5.41) is 15.6. The largest absolute Gasteiger partial charge is 0.296 e. The van der Waals surface area contributed by atoms with Gasteiger partial charge in [0.2, 0.25) is 4.96 Å². The third-order valence-corrected chi connectivity index (χ3v) is 5.47. The number of rotatable bonds is 4. The van der Waals surface area contributed by atoms with Gasteiger partial charge in [-0.15, -0.1) is 0 Å². The van der Waals surface area contributed by atoms with Crippen molar-refractivity contribution >= 4 is 39.7 Å². The molecule has 0 atom stereocenters. The molecule has 0 N–H and O–H groups in total. The standard InChI is InChI=1S/C19H11ClN4O4S/c20-14-7-2-1-5-12(14)10-15-17(25)21-19-23(22-15)18(26)16(29-19)9-11-4-3-6-13(8-11)24(27)28/h1-9H,10H2/b16-9+. The Morgan fingerprint density at radius 1 is 1.17 bits per heavy atom. The summed E-state index contributed by atoms with van der Waals surface area (Å²) in [7, 11) is 0. The molecular weight excluding hydrogens is 416 g/mol. The number of non-ortho nitro benzene ring substituents is 1. The lowest BCUT2D eigenvalue weighted by molar-refractivity contribution is -0.384. The summed E-state index contributed by atoms with van der Waals surface area (Å²) in [4.78, 5) is 39.6. The fourth-order valence-corrected chi connectivity index (χ4v) is 3.86. The number of benzene rings is 2. The Labute approximate surface area is 171 Å². The fraction of sp³-hybridized carbons (Fsp3) is 0.0526. The van der Waals surface area contributed by atoms with Crippen LogP contribution in [0.15, 0.2) is 58.1 Å². The lowest BCUT2D eigenvalue weighted by atomic mass is 10.1. The lowest BCUT2D eigenvalue weighted by Crippen LogP contribution is -2.28. The molecule has 2 aromatic heterocycles. The van der Waals surface area contributed by atoms with E-state index in [1.807, 2.05) is 0 Å². The number of fused-ring (bicyclic) bond motifs is 1. The second kappa shape index (κ2) is 7.53. The molecule has 2 heterocycles. The minimum absolute atomic E-state index is 0.0833. The summed E-state index contributed by atoms with van der Waals surface area (Å²) in [6.07, 6.45) is 1.65. The highest BCUT2D eigenvalue weighted by Crippen LogP contribution is 2.17. The van der Waals surface area contributed by atoms with Crippen molar-refractivity contribution in [3.63, 3.8) is 0 Å². The third kappa shape index (κ3) is 3.78. The molecule has 29 heavy (non-hydrogen) atoms. The van der Waals surface area contributed by atoms with Crippen molar-refractivity contribution in [2.75, 3.05) is 0 Å². The van der Waals surface area contributed by atoms with E-state index in [1.165, 1.54) is 24.3 Å². The first kappa shape index (κ1) is 18.9. The predicted octanol–water partition coefficient (Wildman–Crippen LogP) is 2.21. The number of nitro benzene ring substituents is 1. The van der Waals surface area contributed by atoms with Crippen LogP contribution in [0.5, 0.6) is 0 Å². The van der Waals surface area contributed by atoms with Crippen molar-refractivity contribution in [1.29, 1.82) is 0 Å². The van der Waals surface area contributed by atoms with Crippen LogP contribution in [0.3, 0.4) is 0 Å². The molecule has 144 valence electrons. The van der Waals surface area contributed by atoms with Gasteiger partial charge >= 0.3 is 0 Å². The Kier molecular flexibility index (Phi) is 4.91. The van der Waals surface area contributed by atoms with Gasteiger partial charge in [-0.1, -0.05) is 53.3 Å². The van der Waals surface area contributed by atoms with E-state index in [4.69, 9.17) is 11.6 Å². The highest BCUT2D eigenvalue weighted by molar-refractivity contribution is 7.15. The van der Waals surface area contributed by atoms with Crippen LogP contribution in [0.25, 0.3) is 11.0 Å². The van der Waals surface area contributed by atoms with Crippen molar-refractivity contribution in [3.8, 4) is 0 Å². The lowest BCUT2D eigenvalue weighted by Gasteiger charge is -2.02. The van der Waals surface area contributed by atoms with Crippen LogP contribution in [0.1, 0.15) is 16.8 Å². The molecule has 0 saturated heterocycles. The zero-order chi connectivity index (χ0) is 20.5. The smallest absolute Gasteiger partial charge is 0.266 e. The summed E-state index contributed by atoms with van der Waals surface area (Å²) >= 11 is 7.13. The topological polar surface area (TPSA) is 107 Å². The maximum absolute atomic E-state index is 12.7. The van der Waals surface area contributed by atoms with E-state index in [9.17, 15) is 19.7 Å². The van der Waals surface area contributed by atoms with Crippen molar-refractivity contribution in [2.45, 2.75) is 6.42 Å². The average Bonchev–Trinajstić information content (AvgIpc) is 2.98. The van der Waals surface area contributed by atoms with E-state index in [0.717, 1.165) is 15.9 Å². The fourth-order valence-electron chi connectivity index (χ4n) is 2.75. The highest BCUT2D eigenvalue weighted by atomic mass is 35.5. The summed E-state index contributed by atoms with van der Waals surface area (Å²) in [6.45, 7) is 0. The number of aromatic nitrogens is 3. The molecule has 0 spiro atoms. The Morgan fingerprint density at radius 2 is 1.97 bits per heavy atom. The molecule has 0 aliphatic heterocycles. The van der Waals surface area contributed by atoms with Crippen LogP contribution in [0.2, 0.25) is 5.02 Å². The zero-order valence-corrected chi connectivity index (χ0v) is 16.2. The number of hydrogen-bond acceptors (Lipinski definition) is 7. The first-order chi connectivity index (χ1) is 13.9. The van der Waals surface area contributed by atoms with Gasteiger partial charge in [0.25, 0.3) is 16.8 Å². The number of thiazole rings is 1. The van der Waals surface area contributed by atoms with Gasteiger partial charge in [0, 0.05) is 23.6 Å². The summed E-state index contributed by atoms with van der Waals surface area (Å²) in [6, 6.07) is 12.9. The van der Waals surface area contributed by atoms with Gasteiger partial charge in [0.1, 0.15) is 5.69 Å². The van der Waals surface area contributed by atoms with Crippen LogP contribution in [-0.2, 0) is 6.42 Å². The Morgan fingerprint density at radius 3 is 2.72 bits per heavy atom. The van der Waals surface area contributed by atoms with Crippen LogP contribution in [0, 0.1) is 10.1 Å². The van der Waals surface area contributed by atoms with Gasteiger partial charge in [-0.3, -0.25) is 19.7 Å². The van der Waals surface area contributed by atoms with E-state index in [-0.39, 0.29) is 27.3 Å². The molecule has 0 saturated carbocycles. The zero-order valence-electron chi connectivity index (χ0n) is 14.6. The molecule has 0 aliphatic carbocycles. The second-order valence-corrected chi connectivity index (χ2v) is 7.51. The average molecular weight is 427 g/mol. The van der Waals surface area contributed by atoms with E-state index in [2.05, 4.69) is 10.1 Å². The first-order valence-corrected chi connectivity index (χ1v) is 9.54. The number of halogens is 1. The molecule has 4 rings (SSSR count). The normalized spacial score (nSPS) is 11.8. The van der Waals surface area contributed by atoms with Crippen LogP contribution in [-0.4, -0.2) is 19.5 Å². The SMILES string of the molecule is O=c1nc2s/c(=C/c3cccc([N+](=O)[O-])c3)c(=O)n2nc1Cc1ccccc1Cl. The van der Waals surface area contributed by atoms with Crippen molar-refractivity contribution in [1.82, 2.24) is 14.6 Å². The monoisotopic (exact) mass is 426 g/mol. The molecule has 10 heteroatoms. The van der Waals surface area contributed by atoms with Crippen LogP contribution < -0.4 is 15.7 Å². The Balaban J connectivity index is 1.81. The molecular formula is C19H11ClN4O4S. The molecule has 8 nitrogen and oxygen atoms in total. The predicted molar refractivity (Wildman–Crippen MR) is 110 cm³/mol. The minimum atomic E-state index is -0.534. The number of nitro groups is 1. The highest BCUT2D eigenvalue weighted by Gasteiger charge is 2.13. The van der Waals surface area contributed by atoms with Crippen LogP contribution in [0.4, 0.5) is 5.69 Å². The number of hydrogen-bond donors (Lipinski definition) is 0. The summed E-state index contributed by atoms with van der Waals surface area (Å²) < 4.78 is 1.33. The van der Waals surface area contributed by atoms with E-state index >= 15 is 0 Å². The van der Waals surface area contributed by atoms with Gasteiger partial charge < -0.3 is 0 Å². The van der Waals surface area contributed by atoms with Crippen molar-refractivity contribution in [2.24, 2.45) is 0 Å². The molecule has 0 fully saturated rings. The van der Waals surface area contributed by atoms with Gasteiger partial charge in [-0.25, -0.2) is 0 Å². The molecule has 0 aliphatic rings. The first-order valence-electron chi connectivity index (χ1n) is 8.35. The van der Waals surface area contributed by atoms with Crippen molar-refractivity contribution < 1.29 is 4.92 Å². The summed E-state index contributed by atoms with van der Waals surface area (Å²) in [5.74, 6) is 0. The van der Waals surface area contributed by atoms with Crippen molar-refractivity contribution in [3.05, 3.63) is 106 Å². The third-order valence-electron chi connectivity index (χ3n) is 4.14. The van der Waals surface area contributed by atoms with Crippen LogP contribution >= 0.6 is 22.9 Å². The Hall–Kier alpha value is -3.43. The van der Waals surface area contributed by atoms with Gasteiger partial charge in [0.15, 0.2) is 0 Å².